The summed E-state index contributed by atoms with van der Waals surface area (Å²) in [5, 5.41) is 0. The number of methoxy groups -OCH3 is 4. The molecular weight excluding hydrogens is 382 g/mol. The van der Waals surface area contributed by atoms with Crippen molar-refractivity contribution in [1.29, 1.82) is 0 Å². The van der Waals surface area contributed by atoms with Gasteiger partial charge >= 0.3 is 0 Å². The molecule has 0 spiro atoms. The molecule has 162 valence electrons. The molecule has 0 aromatic heterocycles. The van der Waals surface area contributed by atoms with E-state index in [1.165, 1.54) is 19.3 Å². The van der Waals surface area contributed by atoms with E-state index in [0.717, 1.165) is 23.6 Å². The number of hydrogen-bond acceptors (Lipinski definition) is 6. The van der Waals surface area contributed by atoms with Crippen molar-refractivity contribution in [2.24, 2.45) is 5.92 Å². The second-order valence-corrected chi connectivity index (χ2v) is 7.99. The van der Waals surface area contributed by atoms with Gasteiger partial charge in [0.1, 0.15) is 18.1 Å². The van der Waals surface area contributed by atoms with E-state index in [0.29, 0.717) is 41.9 Å². The Morgan fingerprint density at radius 3 is 2.27 bits per heavy atom. The Kier molecular flexibility index (Phi) is 6.23. The van der Waals surface area contributed by atoms with E-state index in [4.69, 9.17) is 23.7 Å². The van der Waals surface area contributed by atoms with Crippen LogP contribution >= 0.6 is 0 Å². The largest absolute Gasteiger partial charge is 0.497 e. The lowest BCUT2D eigenvalue weighted by Crippen LogP contribution is -2.43. The second-order valence-electron chi connectivity index (χ2n) is 7.99. The zero-order valence-corrected chi connectivity index (χ0v) is 18.2. The van der Waals surface area contributed by atoms with Crippen molar-refractivity contribution in [1.82, 2.24) is 4.90 Å². The molecule has 2 aromatic carbocycles. The first kappa shape index (κ1) is 20.7. The summed E-state index contributed by atoms with van der Waals surface area (Å²) in [5.74, 6) is 4.37. The molecule has 2 fully saturated rings. The highest BCUT2D eigenvalue weighted by Crippen LogP contribution is 2.45. The molecule has 2 aromatic rings. The van der Waals surface area contributed by atoms with Gasteiger partial charge in [0.25, 0.3) is 0 Å². The van der Waals surface area contributed by atoms with Gasteiger partial charge in [0.2, 0.25) is 5.75 Å². The third kappa shape index (κ3) is 4.01. The first-order chi connectivity index (χ1) is 14.7. The Bertz CT molecular complexity index is 845. The molecule has 0 amide bonds. The fraction of sp³-hybridized carbons (Fsp3) is 0.500. The summed E-state index contributed by atoms with van der Waals surface area (Å²) in [6.45, 7) is 1.52. The minimum absolute atomic E-state index is 0.397. The van der Waals surface area contributed by atoms with Crippen LogP contribution in [0.3, 0.4) is 0 Å². The molecule has 30 heavy (non-hydrogen) atoms. The molecular formula is C24H31NO5. The average molecular weight is 414 g/mol. The first-order valence-corrected chi connectivity index (χ1v) is 10.5. The average Bonchev–Trinajstić information content (AvgIpc) is 3.39. The SMILES string of the molecule is COc1cccc(OC[C@H]2[C@H]3CC[C@H](C3)N2Cc2cc(OC)c(OC)c(OC)c2)c1. The van der Waals surface area contributed by atoms with Gasteiger partial charge < -0.3 is 23.7 Å². The fourth-order valence-corrected chi connectivity index (χ4v) is 4.97. The molecule has 4 rings (SSSR count). The monoisotopic (exact) mass is 413 g/mol. The normalized spacial score (nSPS) is 22.7. The summed E-state index contributed by atoms with van der Waals surface area (Å²) < 4.78 is 28.0. The molecule has 3 atom stereocenters. The predicted molar refractivity (Wildman–Crippen MR) is 115 cm³/mol. The Morgan fingerprint density at radius 2 is 1.60 bits per heavy atom. The lowest BCUT2D eigenvalue weighted by molar-refractivity contribution is 0.0865. The molecule has 2 bridgehead atoms. The van der Waals surface area contributed by atoms with Crippen LogP contribution in [0, 0.1) is 5.92 Å². The molecule has 2 aliphatic rings. The number of nitrogens with zero attached hydrogens (tertiary/aromatic N) is 1. The molecule has 6 nitrogen and oxygen atoms in total. The van der Waals surface area contributed by atoms with Crippen molar-refractivity contribution < 1.29 is 23.7 Å². The molecule has 1 saturated heterocycles. The second kappa shape index (κ2) is 9.04. The maximum Gasteiger partial charge on any atom is 0.203 e. The number of ether oxygens (including phenoxy) is 5. The number of benzene rings is 2. The number of piperidine rings is 1. The van der Waals surface area contributed by atoms with Crippen LogP contribution in [0.15, 0.2) is 36.4 Å². The number of likely N-dealkylation sites (tertiary alicyclic amines) is 1. The van der Waals surface area contributed by atoms with Crippen molar-refractivity contribution in [3.63, 3.8) is 0 Å². The summed E-state index contributed by atoms with van der Waals surface area (Å²) in [4.78, 5) is 2.59. The van der Waals surface area contributed by atoms with Crippen molar-refractivity contribution in [2.75, 3.05) is 35.0 Å². The standard InChI is InChI=1S/C24H31NO5/c1-26-19-6-5-7-20(13-19)30-15-21-17-8-9-18(12-17)25(21)14-16-10-22(27-2)24(29-4)23(11-16)28-3/h5-7,10-11,13,17-18,21H,8-9,12,14-15H2,1-4H3/t17-,18+,21-/m0/s1. The van der Waals surface area contributed by atoms with Gasteiger partial charge in [-0.3, -0.25) is 4.90 Å². The van der Waals surface area contributed by atoms with Gasteiger partial charge in [-0.1, -0.05) is 6.07 Å². The summed E-state index contributed by atoms with van der Waals surface area (Å²) in [6.07, 6.45) is 3.78. The van der Waals surface area contributed by atoms with Crippen LogP contribution in [0.2, 0.25) is 0 Å². The van der Waals surface area contributed by atoms with Crippen molar-refractivity contribution in [2.45, 2.75) is 37.9 Å². The zero-order chi connectivity index (χ0) is 21.1. The molecule has 0 radical (unpaired) electrons. The lowest BCUT2D eigenvalue weighted by Gasteiger charge is -2.35. The highest BCUT2D eigenvalue weighted by atomic mass is 16.5. The third-order valence-electron chi connectivity index (χ3n) is 6.44. The molecule has 1 aliphatic carbocycles. The topological polar surface area (TPSA) is 49.4 Å². The van der Waals surface area contributed by atoms with E-state index < -0.39 is 0 Å². The van der Waals surface area contributed by atoms with Crippen LogP contribution in [0.5, 0.6) is 28.7 Å². The lowest BCUT2D eigenvalue weighted by atomic mass is 9.98. The zero-order valence-electron chi connectivity index (χ0n) is 18.2. The Labute approximate surface area is 178 Å². The van der Waals surface area contributed by atoms with Gasteiger partial charge in [0.15, 0.2) is 11.5 Å². The third-order valence-corrected chi connectivity index (χ3v) is 6.44. The number of fused-ring (bicyclic) bond motifs is 2. The molecule has 1 heterocycles. The van der Waals surface area contributed by atoms with Gasteiger partial charge in [-0.2, -0.15) is 0 Å². The fourth-order valence-electron chi connectivity index (χ4n) is 4.97. The van der Waals surface area contributed by atoms with Gasteiger partial charge in [-0.25, -0.2) is 0 Å². The quantitative estimate of drug-likeness (QED) is 0.616. The van der Waals surface area contributed by atoms with Crippen LogP contribution < -0.4 is 23.7 Å². The van der Waals surface area contributed by atoms with Crippen LogP contribution in [-0.2, 0) is 6.54 Å². The summed E-state index contributed by atoms with van der Waals surface area (Å²) in [5.41, 5.74) is 1.16. The van der Waals surface area contributed by atoms with Crippen LogP contribution in [0.25, 0.3) is 0 Å². The van der Waals surface area contributed by atoms with Crippen molar-refractivity contribution in [3.8, 4) is 28.7 Å². The highest BCUT2D eigenvalue weighted by molar-refractivity contribution is 5.53. The maximum absolute atomic E-state index is 6.19. The Hall–Kier alpha value is -2.60. The van der Waals surface area contributed by atoms with E-state index >= 15 is 0 Å². The number of rotatable bonds is 9. The number of hydrogen-bond donors (Lipinski definition) is 0. The van der Waals surface area contributed by atoms with Crippen LogP contribution in [0.4, 0.5) is 0 Å². The van der Waals surface area contributed by atoms with E-state index in [9.17, 15) is 0 Å². The minimum Gasteiger partial charge on any atom is -0.497 e. The van der Waals surface area contributed by atoms with Gasteiger partial charge in [0.05, 0.1) is 28.4 Å². The molecule has 6 heteroatoms. The summed E-state index contributed by atoms with van der Waals surface area (Å²) in [6, 6.07) is 12.9. The van der Waals surface area contributed by atoms with E-state index in [1.807, 2.05) is 36.4 Å². The van der Waals surface area contributed by atoms with Gasteiger partial charge in [-0.15, -0.1) is 0 Å². The summed E-state index contributed by atoms with van der Waals surface area (Å²) in [7, 11) is 6.62. The minimum atomic E-state index is 0.397. The van der Waals surface area contributed by atoms with Gasteiger partial charge in [0, 0.05) is 24.7 Å². The first-order valence-electron chi connectivity index (χ1n) is 10.5. The smallest absolute Gasteiger partial charge is 0.203 e. The maximum atomic E-state index is 6.19. The molecule has 1 saturated carbocycles. The van der Waals surface area contributed by atoms with E-state index in [2.05, 4.69) is 4.90 Å². The van der Waals surface area contributed by atoms with E-state index in [-0.39, 0.29) is 0 Å². The van der Waals surface area contributed by atoms with Crippen LogP contribution in [-0.4, -0.2) is 52.0 Å². The predicted octanol–water partition coefficient (Wildman–Crippen LogP) is 4.15. The van der Waals surface area contributed by atoms with Crippen LogP contribution in [0.1, 0.15) is 24.8 Å². The highest BCUT2D eigenvalue weighted by Gasteiger charge is 2.46. The van der Waals surface area contributed by atoms with E-state index in [1.54, 1.807) is 28.4 Å². The Balaban J connectivity index is 1.51. The summed E-state index contributed by atoms with van der Waals surface area (Å²) >= 11 is 0. The Morgan fingerprint density at radius 1 is 0.867 bits per heavy atom. The van der Waals surface area contributed by atoms with Crippen molar-refractivity contribution >= 4 is 0 Å². The van der Waals surface area contributed by atoms with Gasteiger partial charge in [-0.05, 0) is 55.0 Å². The molecule has 1 aliphatic heterocycles. The van der Waals surface area contributed by atoms with Crippen molar-refractivity contribution in [3.05, 3.63) is 42.0 Å². The molecule has 0 N–H and O–H groups in total. The molecule has 0 unspecified atom stereocenters.